The standard InChI is InChI=1S/C24H32N4O3S2/c25-22(30)21-18-5-1-2-6-19(18)33-24(21)27-20(29)10-14-28-12-8-16(9-13-28)23(31)26-11-7-17-4-3-15-32-17/h3-4,15-16H,1-2,5-14H2,(H2,25,30)(H,26,31)(H,27,29). The summed E-state index contributed by atoms with van der Waals surface area (Å²) in [6.07, 6.45) is 6.84. The zero-order valence-electron chi connectivity index (χ0n) is 18.9. The predicted molar refractivity (Wildman–Crippen MR) is 133 cm³/mol. The highest BCUT2D eigenvalue weighted by Gasteiger charge is 2.27. The molecule has 33 heavy (non-hydrogen) atoms. The van der Waals surface area contributed by atoms with Crippen LogP contribution in [0.4, 0.5) is 5.00 Å². The zero-order valence-corrected chi connectivity index (χ0v) is 20.5. The lowest BCUT2D eigenvalue weighted by Gasteiger charge is -2.31. The van der Waals surface area contributed by atoms with E-state index in [4.69, 9.17) is 5.73 Å². The van der Waals surface area contributed by atoms with Gasteiger partial charge in [-0.1, -0.05) is 6.07 Å². The van der Waals surface area contributed by atoms with Gasteiger partial charge in [0.25, 0.3) is 5.91 Å². The van der Waals surface area contributed by atoms with Crippen LogP contribution in [0.3, 0.4) is 0 Å². The predicted octanol–water partition coefficient (Wildman–Crippen LogP) is 3.19. The van der Waals surface area contributed by atoms with E-state index in [1.54, 1.807) is 11.3 Å². The summed E-state index contributed by atoms with van der Waals surface area (Å²) in [5.41, 5.74) is 7.16. The van der Waals surface area contributed by atoms with Crippen LogP contribution in [-0.2, 0) is 28.9 Å². The van der Waals surface area contributed by atoms with E-state index in [-0.39, 0.29) is 17.7 Å². The number of nitrogens with one attached hydrogen (secondary N) is 2. The maximum atomic E-state index is 12.6. The van der Waals surface area contributed by atoms with Gasteiger partial charge in [-0.2, -0.15) is 0 Å². The third-order valence-corrected chi connectivity index (χ3v) is 8.68. The van der Waals surface area contributed by atoms with Crippen LogP contribution in [0.1, 0.15) is 57.8 Å². The maximum Gasteiger partial charge on any atom is 0.251 e. The number of fused-ring (bicyclic) bond motifs is 1. The number of hydrogen-bond donors (Lipinski definition) is 3. The monoisotopic (exact) mass is 488 g/mol. The second-order valence-electron chi connectivity index (χ2n) is 8.81. The number of aryl methyl sites for hydroxylation is 1. The van der Waals surface area contributed by atoms with Crippen molar-refractivity contribution in [3.63, 3.8) is 0 Å². The van der Waals surface area contributed by atoms with E-state index >= 15 is 0 Å². The molecule has 1 aliphatic heterocycles. The molecule has 1 saturated heterocycles. The molecule has 1 fully saturated rings. The SMILES string of the molecule is NC(=O)c1c(NC(=O)CCN2CCC(C(=O)NCCc3cccs3)CC2)sc2c1CCCC2. The number of primary amides is 1. The summed E-state index contributed by atoms with van der Waals surface area (Å²) >= 11 is 3.21. The Morgan fingerprint density at radius 2 is 1.94 bits per heavy atom. The molecule has 4 N–H and O–H groups in total. The Morgan fingerprint density at radius 3 is 2.67 bits per heavy atom. The first-order chi connectivity index (χ1) is 16.0. The molecule has 0 atom stereocenters. The van der Waals surface area contributed by atoms with Crippen LogP contribution in [-0.4, -0.2) is 48.8 Å². The number of carbonyl (C=O) groups excluding carboxylic acids is 3. The van der Waals surface area contributed by atoms with Gasteiger partial charge in [0, 0.05) is 35.2 Å². The Hall–Kier alpha value is -2.23. The van der Waals surface area contributed by atoms with Crippen molar-refractivity contribution < 1.29 is 14.4 Å². The Balaban J connectivity index is 1.18. The number of anilines is 1. The second-order valence-corrected chi connectivity index (χ2v) is 11.0. The number of amides is 3. The number of likely N-dealkylation sites (tertiary alicyclic amines) is 1. The molecule has 3 heterocycles. The quantitative estimate of drug-likeness (QED) is 0.504. The van der Waals surface area contributed by atoms with Crippen molar-refractivity contribution in [2.75, 3.05) is 31.5 Å². The van der Waals surface area contributed by atoms with Gasteiger partial charge >= 0.3 is 0 Å². The van der Waals surface area contributed by atoms with E-state index < -0.39 is 5.91 Å². The number of piperidine rings is 1. The number of carbonyl (C=O) groups is 3. The van der Waals surface area contributed by atoms with Gasteiger partial charge in [-0.15, -0.1) is 22.7 Å². The van der Waals surface area contributed by atoms with Crippen molar-refractivity contribution in [1.29, 1.82) is 0 Å². The van der Waals surface area contributed by atoms with E-state index in [0.29, 0.717) is 30.1 Å². The highest BCUT2D eigenvalue weighted by molar-refractivity contribution is 7.17. The summed E-state index contributed by atoms with van der Waals surface area (Å²) in [6.45, 7) is 2.96. The molecule has 0 spiro atoms. The largest absolute Gasteiger partial charge is 0.365 e. The number of nitrogens with zero attached hydrogens (tertiary/aromatic N) is 1. The first-order valence-corrected chi connectivity index (χ1v) is 13.5. The minimum absolute atomic E-state index is 0.0500. The van der Waals surface area contributed by atoms with Crippen molar-refractivity contribution in [2.45, 2.75) is 51.4 Å². The van der Waals surface area contributed by atoms with E-state index in [0.717, 1.165) is 63.6 Å². The van der Waals surface area contributed by atoms with Crippen molar-refractivity contribution in [3.8, 4) is 0 Å². The molecular weight excluding hydrogens is 456 g/mol. The highest BCUT2D eigenvalue weighted by atomic mass is 32.1. The van der Waals surface area contributed by atoms with E-state index in [9.17, 15) is 14.4 Å². The van der Waals surface area contributed by atoms with Crippen LogP contribution in [0.15, 0.2) is 17.5 Å². The van der Waals surface area contributed by atoms with Crippen LogP contribution in [0, 0.1) is 5.92 Å². The minimum Gasteiger partial charge on any atom is -0.365 e. The van der Waals surface area contributed by atoms with Gasteiger partial charge in [-0.25, -0.2) is 0 Å². The van der Waals surface area contributed by atoms with Crippen LogP contribution in [0.2, 0.25) is 0 Å². The average molecular weight is 489 g/mol. The van der Waals surface area contributed by atoms with Crippen LogP contribution in [0.25, 0.3) is 0 Å². The van der Waals surface area contributed by atoms with Gasteiger partial charge in [-0.05, 0) is 75.0 Å². The average Bonchev–Trinajstić information content (AvgIpc) is 3.45. The van der Waals surface area contributed by atoms with Gasteiger partial charge in [0.1, 0.15) is 5.00 Å². The molecule has 0 unspecified atom stereocenters. The molecule has 0 saturated carbocycles. The Bertz CT molecular complexity index is 978. The first-order valence-electron chi connectivity index (χ1n) is 11.8. The molecule has 3 amide bonds. The van der Waals surface area contributed by atoms with Crippen molar-refractivity contribution in [1.82, 2.24) is 10.2 Å². The molecule has 0 bridgehead atoms. The number of thiophene rings is 2. The van der Waals surface area contributed by atoms with Gasteiger partial charge in [0.2, 0.25) is 11.8 Å². The summed E-state index contributed by atoms with van der Waals surface area (Å²) in [4.78, 5) is 41.7. The van der Waals surface area contributed by atoms with Gasteiger partial charge in [0.15, 0.2) is 0 Å². The topological polar surface area (TPSA) is 105 Å². The second kappa shape index (κ2) is 11.3. The zero-order chi connectivity index (χ0) is 23.2. The maximum absolute atomic E-state index is 12.6. The lowest BCUT2D eigenvalue weighted by atomic mass is 9.95. The normalized spacial score (nSPS) is 16.8. The summed E-state index contributed by atoms with van der Waals surface area (Å²) < 4.78 is 0. The molecule has 7 nitrogen and oxygen atoms in total. The molecule has 0 aromatic carbocycles. The molecule has 2 aromatic heterocycles. The Morgan fingerprint density at radius 1 is 1.15 bits per heavy atom. The lowest BCUT2D eigenvalue weighted by molar-refractivity contribution is -0.126. The van der Waals surface area contributed by atoms with Crippen molar-refractivity contribution in [3.05, 3.63) is 38.4 Å². The molecule has 2 aliphatic rings. The summed E-state index contributed by atoms with van der Waals surface area (Å²) in [5, 5.41) is 8.67. The number of nitrogens with two attached hydrogens (primary N) is 1. The molecule has 2 aromatic rings. The molecule has 1 aliphatic carbocycles. The summed E-state index contributed by atoms with van der Waals surface area (Å²) in [5.74, 6) is -0.358. The lowest BCUT2D eigenvalue weighted by Crippen LogP contribution is -2.41. The minimum atomic E-state index is -0.458. The third-order valence-electron chi connectivity index (χ3n) is 6.53. The van der Waals surface area contributed by atoms with Gasteiger partial charge in [0.05, 0.1) is 5.56 Å². The van der Waals surface area contributed by atoms with Crippen molar-refractivity contribution >= 4 is 45.4 Å². The van der Waals surface area contributed by atoms with E-state index in [2.05, 4.69) is 27.0 Å². The first kappa shape index (κ1) is 23.9. The third kappa shape index (κ3) is 6.22. The van der Waals surface area contributed by atoms with Crippen LogP contribution in [0.5, 0.6) is 0 Å². The molecule has 0 radical (unpaired) electrons. The molecule has 9 heteroatoms. The molecule has 178 valence electrons. The van der Waals surface area contributed by atoms with Crippen LogP contribution < -0.4 is 16.4 Å². The highest BCUT2D eigenvalue weighted by Crippen LogP contribution is 2.38. The fourth-order valence-electron chi connectivity index (χ4n) is 4.69. The summed E-state index contributed by atoms with van der Waals surface area (Å²) in [6, 6.07) is 4.12. The Kier molecular flexibility index (Phi) is 8.16. The van der Waals surface area contributed by atoms with Crippen LogP contribution >= 0.6 is 22.7 Å². The van der Waals surface area contributed by atoms with Crippen molar-refractivity contribution in [2.24, 2.45) is 11.7 Å². The fraction of sp³-hybridized carbons (Fsp3) is 0.542. The number of rotatable bonds is 9. The Labute approximate surface area is 202 Å². The van der Waals surface area contributed by atoms with Gasteiger partial charge < -0.3 is 21.3 Å². The smallest absolute Gasteiger partial charge is 0.251 e. The van der Waals surface area contributed by atoms with E-state index in [1.807, 2.05) is 6.07 Å². The molecular formula is C24H32N4O3S2. The molecule has 4 rings (SSSR count). The van der Waals surface area contributed by atoms with Gasteiger partial charge in [-0.3, -0.25) is 14.4 Å². The summed E-state index contributed by atoms with van der Waals surface area (Å²) in [7, 11) is 0. The number of hydrogen-bond acceptors (Lipinski definition) is 6. The van der Waals surface area contributed by atoms with E-state index in [1.165, 1.54) is 21.1 Å². The fourth-order valence-corrected chi connectivity index (χ4v) is 6.71.